The molecule has 0 spiro atoms. The zero-order valence-electron chi connectivity index (χ0n) is 9.94. The molecule has 0 fully saturated rings. The van der Waals surface area contributed by atoms with E-state index < -0.39 is 5.69 Å². The van der Waals surface area contributed by atoms with Crippen LogP contribution in [-0.4, -0.2) is 33.7 Å². The van der Waals surface area contributed by atoms with Gasteiger partial charge in [-0.05, 0) is 12.1 Å². The number of methoxy groups -OCH3 is 1. The van der Waals surface area contributed by atoms with E-state index in [4.69, 9.17) is 10.6 Å². The lowest BCUT2D eigenvalue weighted by Gasteiger charge is -2.11. The maximum absolute atomic E-state index is 11.8. The van der Waals surface area contributed by atoms with Crippen LogP contribution in [0.5, 0.6) is 5.75 Å². The van der Waals surface area contributed by atoms with Gasteiger partial charge in [0.05, 0.1) is 7.11 Å². The SMILES string of the molecule is COc1cccnc1-n1cnc(N(C)N)nc1=O. The van der Waals surface area contributed by atoms with Gasteiger partial charge in [-0.2, -0.15) is 4.98 Å². The van der Waals surface area contributed by atoms with Crippen LogP contribution < -0.4 is 21.3 Å². The number of ether oxygens (including phenoxy) is 1. The minimum atomic E-state index is -0.533. The van der Waals surface area contributed by atoms with Crippen LogP contribution in [0.3, 0.4) is 0 Å². The molecule has 2 heterocycles. The molecule has 2 rings (SSSR count). The van der Waals surface area contributed by atoms with Crippen molar-refractivity contribution in [3.05, 3.63) is 35.1 Å². The van der Waals surface area contributed by atoms with Crippen molar-refractivity contribution in [1.82, 2.24) is 19.5 Å². The second-order valence-electron chi connectivity index (χ2n) is 3.45. The lowest BCUT2D eigenvalue weighted by atomic mass is 10.4. The number of rotatable bonds is 3. The van der Waals surface area contributed by atoms with Crippen molar-refractivity contribution in [1.29, 1.82) is 0 Å². The summed E-state index contributed by atoms with van der Waals surface area (Å²) in [6, 6.07) is 3.40. The molecule has 18 heavy (non-hydrogen) atoms. The molecule has 2 aromatic rings. The second kappa shape index (κ2) is 4.80. The largest absolute Gasteiger partial charge is 0.493 e. The third kappa shape index (κ3) is 2.13. The standard InChI is InChI=1S/C10H12N6O2/c1-15(11)9-13-6-16(10(17)14-9)8-7(18-2)4-3-5-12-8/h3-6H,11H2,1-2H3. The van der Waals surface area contributed by atoms with E-state index in [2.05, 4.69) is 15.0 Å². The van der Waals surface area contributed by atoms with E-state index in [0.717, 1.165) is 5.01 Å². The van der Waals surface area contributed by atoms with Crippen LogP contribution in [-0.2, 0) is 0 Å². The molecule has 0 amide bonds. The number of nitrogens with zero attached hydrogens (tertiary/aromatic N) is 5. The Bertz CT molecular complexity index is 609. The molecular formula is C10H12N6O2. The van der Waals surface area contributed by atoms with Crippen LogP contribution in [0.4, 0.5) is 5.95 Å². The van der Waals surface area contributed by atoms with Crippen LogP contribution in [0.1, 0.15) is 0 Å². The monoisotopic (exact) mass is 248 g/mol. The van der Waals surface area contributed by atoms with Gasteiger partial charge in [0.15, 0.2) is 11.6 Å². The van der Waals surface area contributed by atoms with Gasteiger partial charge >= 0.3 is 5.69 Å². The number of aromatic nitrogens is 4. The lowest BCUT2D eigenvalue weighted by Crippen LogP contribution is -2.32. The van der Waals surface area contributed by atoms with Crippen LogP contribution in [0.25, 0.3) is 5.82 Å². The van der Waals surface area contributed by atoms with Gasteiger partial charge in [0.25, 0.3) is 0 Å². The molecule has 0 saturated carbocycles. The summed E-state index contributed by atoms with van der Waals surface area (Å²) in [6.45, 7) is 0. The van der Waals surface area contributed by atoms with E-state index in [-0.39, 0.29) is 5.95 Å². The maximum atomic E-state index is 11.8. The number of hydrogen-bond donors (Lipinski definition) is 1. The highest BCUT2D eigenvalue weighted by atomic mass is 16.5. The summed E-state index contributed by atoms with van der Waals surface area (Å²) in [5.74, 6) is 6.36. The highest BCUT2D eigenvalue weighted by Gasteiger charge is 2.10. The first-order chi connectivity index (χ1) is 8.63. The third-order valence-corrected chi connectivity index (χ3v) is 2.20. The number of pyridine rings is 1. The molecule has 2 N–H and O–H groups in total. The van der Waals surface area contributed by atoms with E-state index in [1.54, 1.807) is 25.4 Å². The molecule has 0 bridgehead atoms. The van der Waals surface area contributed by atoms with Gasteiger partial charge in [0, 0.05) is 13.2 Å². The van der Waals surface area contributed by atoms with E-state index in [9.17, 15) is 4.79 Å². The fourth-order valence-corrected chi connectivity index (χ4v) is 1.36. The Hall–Kier alpha value is -2.48. The van der Waals surface area contributed by atoms with Gasteiger partial charge in [-0.1, -0.05) is 0 Å². The topological polar surface area (TPSA) is 99.2 Å². The van der Waals surface area contributed by atoms with Gasteiger partial charge in [-0.3, -0.25) is 5.01 Å². The Kier molecular flexibility index (Phi) is 3.20. The summed E-state index contributed by atoms with van der Waals surface area (Å²) in [4.78, 5) is 23.6. The van der Waals surface area contributed by atoms with Crippen molar-refractivity contribution in [2.24, 2.45) is 5.84 Å². The number of hydrazine groups is 1. The summed E-state index contributed by atoms with van der Waals surface area (Å²) in [7, 11) is 3.04. The van der Waals surface area contributed by atoms with Gasteiger partial charge in [-0.15, -0.1) is 0 Å². The normalized spacial score (nSPS) is 10.2. The third-order valence-electron chi connectivity index (χ3n) is 2.20. The Labute approximate surface area is 103 Å². The van der Waals surface area contributed by atoms with Gasteiger partial charge in [-0.25, -0.2) is 25.2 Å². The molecule has 0 aliphatic rings. The average molecular weight is 248 g/mol. The molecule has 0 atom stereocenters. The predicted molar refractivity (Wildman–Crippen MR) is 64.6 cm³/mol. The van der Waals surface area contributed by atoms with E-state index in [0.29, 0.717) is 11.6 Å². The summed E-state index contributed by atoms with van der Waals surface area (Å²) < 4.78 is 6.31. The van der Waals surface area contributed by atoms with Crippen molar-refractivity contribution in [2.75, 3.05) is 19.2 Å². The molecule has 8 heteroatoms. The highest BCUT2D eigenvalue weighted by molar-refractivity contribution is 5.39. The quantitative estimate of drug-likeness (QED) is 0.568. The van der Waals surface area contributed by atoms with Crippen LogP contribution >= 0.6 is 0 Å². The smallest absolute Gasteiger partial charge is 0.358 e. The van der Waals surface area contributed by atoms with Crippen molar-refractivity contribution < 1.29 is 4.74 Å². The minimum absolute atomic E-state index is 0.131. The maximum Gasteiger partial charge on any atom is 0.358 e. The summed E-state index contributed by atoms with van der Waals surface area (Å²) >= 11 is 0. The second-order valence-corrected chi connectivity index (χ2v) is 3.45. The Morgan fingerprint density at radius 3 is 2.83 bits per heavy atom. The minimum Gasteiger partial charge on any atom is -0.493 e. The first-order valence-electron chi connectivity index (χ1n) is 5.07. The fourth-order valence-electron chi connectivity index (χ4n) is 1.36. The van der Waals surface area contributed by atoms with Gasteiger partial charge in [0.2, 0.25) is 5.95 Å². The van der Waals surface area contributed by atoms with Crippen molar-refractivity contribution in [3.63, 3.8) is 0 Å². The fraction of sp³-hybridized carbons (Fsp3) is 0.200. The molecular weight excluding hydrogens is 236 g/mol. The zero-order valence-corrected chi connectivity index (χ0v) is 9.94. The summed E-state index contributed by atoms with van der Waals surface area (Å²) in [6.07, 6.45) is 2.85. The lowest BCUT2D eigenvalue weighted by molar-refractivity contribution is 0.410. The molecule has 0 unspecified atom stereocenters. The van der Waals surface area contributed by atoms with E-state index >= 15 is 0 Å². The van der Waals surface area contributed by atoms with Crippen LogP contribution in [0, 0.1) is 0 Å². The van der Waals surface area contributed by atoms with E-state index in [1.165, 1.54) is 18.0 Å². The Balaban J connectivity index is 2.55. The predicted octanol–water partition coefficient (Wildman–Crippen LogP) is -0.659. The molecule has 8 nitrogen and oxygen atoms in total. The van der Waals surface area contributed by atoms with Crippen molar-refractivity contribution in [2.45, 2.75) is 0 Å². The van der Waals surface area contributed by atoms with E-state index in [1.807, 2.05) is 0 Å². The van der Waals surface area contributed by atoms with Crippen molar-refractivity contribution >= 4 is 5.95 Å². The highest BCUT2D eigenvalue weighted by Crippen LogP contribution is 2.17. The molecule has 0 aliphatic carbocycles. The molecule has 94 valence electrons. The number of anilines is 1. The molecule has 0 aromatic carbocycles. The Morgan fingerprint density at radius 2 is 2.22 bits per heavy atom. The molecule has 0 radical (unpaired) electrons. The molecule has 0 saturated heterocycles. The molecule has 0 aliphatic heterocycles. The summed E-state index contributed by atoms with van der Waals surface area (Å²) in [5.41, 5.74) is -0.533. The molecule has 2 aromatic heterocycles. The first kappa shape index (κ1) is 12.0. The van der Waals surface area contributed by atoms with Crippen LogP contribution in [0.15, 0.2) is 29.5 Å². The number of hydrogen-bond acceptors (Lipinski definition) is 7. The summed E-state index contributed by atoms with van der Waals surface area (Å²) in [5, 5.41) is 1.15. The van der Waals surface area contributed by atoms with Crippen LogP contribution in [0.2, 0.25) is 0 Å². The van der Waals surface area contributed by atoms with Gasteiger partial charge < -0.3 is 4.74 Å². The van der Waals surface area contributed by atoms with Gasteiger partial charge in [0.1, 0.15) is 6.33 Å². The average Bonchev–Trinajstić information content (AvgIpc) is 2.38. The zero-order chi connectivity index (χ0) is 13.1. The number of nitrogens with two attached hydrogens (primary N) is 1. The van der Waals surface area contributed by atoms with Crippen molar-refractivity contribution in [3.8, 4) is 11.6 Å². The first-order valence-corrected chi connectivity index (χ1v) is 5.07. The Morgan fingerprint density at radius 1 is 1.44 bits per heavy atom.